The topological polar surface area (TPSA) is 67.4 Å². The Bertz CT molecular complexity index is 577. The maximum absolute atomic E-state index is 12.2. The first-order chi connectivity index (χ1) is 9.78. The van der Waals surface area contributed by atoms with E-state index in [1.54, 1.807) is 31.2 Å². The fraction of sp³-hybridized carbons (Fsp3) is 0.429. The van der Waals surface area contributed by atoms with E-state index in [9.17, 15) is 9.59 Å². The van der Waals surface area contributed by atoms with Crippen LogP contribution in [0.1, 0.15) is 13.3 Å². The molecule has 1 aromatic carbocycles. The van der Waals surface area contributed by atoms with Gasteiger partial charge in [0.2, 0.25) is 5.91 Å². The molecule has 2 rings (SSSR count). The molecule has 7 heteroatoms. The van der Waals surface area contributed by atoms with Crippen molar-refractivity contribution < 1.29 is 14.3 Å². The van der Waals surface area contributed by atoms with Crippen molar-refractivity contribution >= 4 is 40.7 Å². The quantitative estimate of drug-likeness (QED) is 0.814. The number of amides is 2. The first kappa shape index (κ1) is 15.9. The fourth-order valence-corrected chi connectivity index (χ4v) is 2.51. The van der Waals surface area contributed by atoms with E-state index >= 15 is 0 Å². The van der Waals surface area contributed by atoms with Crippen LogP contribution in [0, 0.1) is 5.41 Å². The second-order valence-electron chi connectivity index (χ2n) is 5.16. The van der Waals surface area contributed by atoms with E-state index in [1.807, 2.05) is 0 Å². The van der Waals surface area contributed by atoms with E-state index in [2.05, 4.69) is 10.6 Å². The van der Waals surface area contributed by atoms with E-state index in [0.717, 1.165) is 0 Å². The summed E-state index contributed by atoms with van der Waals surface area (Å²) in [6, 6.07) is 6.78. The van der Waals surface area contributed by atoms with E-state index in [0.29, 0.717) is 17.9 Å². The molecule has 21 heavy (non-hydrogen) atoms. The van der Waals surface area contributed by atoms with E-state index in [1.165, 1.54) is 7.05 Å². The van der Waals surface area contributed by atoms with Gasteiger partial charge < -0.3 is 15.4 Å². The number of halogens is 2. The van der Waals surface area contributed by atoms with Crippen LogP contribution >= 0.6 is 23.2 Å². The van der Waals surface area contributed by atoms with Gasteiger partial charge in [0.15, 0.2) is 6.61 Å². The number of ether oxygens (including phenoxy) is 1. The summed E-state index contributed by atoms with van der Waals surface area (Å²) < 4.78 is 4.30. The second-order valence-corrected chi connectivity index (χ2v) is 6.64. The highest BCUT2D eigenvalue weighted by molar-refractivity contribution is 6.53. The molecule has 1 aliphatic rings. The lowest BCUT2D eigenvalue weighted by molar-refractivity contribution is -0.122. The van der Waals surface area contributed by atoms with Crippen LogP contribution < -0.4 is 15.4 Å². The first-order valence-corrected chi connectivity index (χ1v) is 7.17. The maximum atomic E-state index is 12.2. The van der Waals surface area contributed by atoms with Crippen molar-refractivity contribution in [2.24, 2.45) is 5.41 Å². The van der Waals surface area contributed by atoms with Gasteiger partial charge in [0.25, 0.3) is 5.91 Å². The Balaban J connectivity index is 1.98. The SMILES string of the molecule is CNC(=O)COc1cccc(NC(=O)[C@]2(C)CC2(Cl)Cl)c1. The summed E-state index contributed by atoms with van der Waals surface area (Å²) in [5.41, 5.74) is -0.221. The summed E-state index contributed by atoms with van der Waals surface area (Å²) in [5, 5.41) is 5.21. The third kappa shape index (κ3) is 3.41. The lowest BCUT2D eigenvalue weighted by Crippen LogP contribution is -2.26. The molecule has 0 unspecified atom stereocenters. The van der Waals surface area contributed by atoms with E-state index in [-0.39, 0.29) is 18.4 Å². The molecule has 1 fully saturated rings. The summed E-state index contributed by atoms with van der Waals surface area (Å²) in [5.74, 6) is 0.0142. The number of likely N-dealkylation sites (N-methyl/N-ethyl adjacent to an activating group) is 1. The Morgan fingerprint density at radius 1 is 1.38 bits per heavy atom. The summed E-state index contributed by atoms with van der Waals surface area (Å²) in [6.07, 6.45) is 0.418. The molecule has 0 heterocycles. The molecule has 0 aromatic heterocycles. The van der Waals surface area contributed by atoms with E-state index in [4.69, 9.17) is 27.9 Å². The molecule has 1 atom stereocenters. The molecule has 0 aliphatic heterocycles. The molecule has 1 aliphatic carbocycles. The third-order valence-corrected chi connectivity index (χ3v) is 4.60. The number of alkyl halides is 2. The van der Waals surface area contributed by atoms with Gasteiger partial charge >= 0.3 is 0 Å². The van der Waals surface area contributed by atoms with Gasteiger partial charge in [-0.1, -0.05) is 6.07 Å². The normalized spacial score (nSPS) is 22.3. The highest BCUT2D eigenvalue weighted by atomic mass is 35.5. The summed E-state index contributed by atoms with van der Waals surface area (Å²) in [7, 11) is 1.53. The molecule has 114 valence electrons. The molecule has 2 amide bonds. The smallest absolute Gasteiger partial charge is 0.257 e. The molecule has 0 spiro atoms. The number of nitrogens with one attached hydrogen (secondary N) is 2. The summed E-state index contributed by atoms with van der Waals surface area (Å²) in [4.78, 5) is 23.3. The van der Waals surface area contributed by atoms with Gasteiger partial charge in [-0.2, -0.15) is 0 Å². The fourth-order valence-electron chi connectivity index (χ4n) is 1.80. The van der Waals surface area contributed by atoms with Crippen molar-refractivity contribution in [2.45, 2.75) is 17.7 Å². The average molecular weight is 331 g/mol. The standard InChI is InChI=1S/C14H16Cl2N2O3/c1-13(8-14(13,15)16)12(20)18-9-4-3-5-10(6-9)21-7-11(19)17-2/h3-6H,7-8H2,1-2H3,(H,17,19)(H,18,20)/t13-/m0/s1. The van der Waals surface area contributed by atoms with Crippen LogP contribution in [0.2, 0.25) is 0 Å². The number of rotatable bonds is 5. The van der Waals surface area contributed by atoms with Crippen LogP contribution in [-0.2, 0) is 9.59 Å². The monoisotopic (exact) mass is 330 g/mol. The predicted octanol–water partition coefficient (Wildman–Crippen LogP) is 2.33. The molecular weight excluding hydrogens is 315 g/mol. The lowest BCUT2D eigenvalue weighted by Gasteiger charge is -2.13. The highest BCUT2D eigenvalue weighted by Gasteiger charge is 2.67. The molecule has 0 bridgehead atoms. The molecule has 1 saturated carbocycles. The Hall–Kier alpha value is -1.46. The van der Waals surface area contributed by atoms with Gasteiger partial charge in [-0.3, -0.25) is 9.59 Å². The molecule has 2 N–H and O–H groups in total. The van der Waals surface area contributed by atoms with Gasteiger partial charge in [-0.15, -0.1) is 23.2 Å². The van der Waals surface area contributed by atoms with Crippen molar-refractivity contribution in [1.82, 2.24) is 5.32 Å². The Morgan fingerprint density at radius 2 is 2.05 bits per heavy atom. The molecular formula is C14H16Cl2N2O3. The number of carbonyl (C=O) groups excluding carboxylic acids is 2. The van der Waals surface area contributed by atoms with Crippen LogP contribution in [0.4, 0.5) is 5.69 Å². The number of hydrogen-bond acceptors (Lipinski definition) is 3. The zero-order chi connectivity index (χ0) is 15.7. The van der Waals surface area contributed by atoms with Crippen molar-refractivity contribution in [2.75, 3.05) is 19.0 Å². The molecule has 1 aromatic rings. The third-order valence-electron chi connectivity index (χ3n) is 3.50. The zero-order valence-corrected chi connectivity index (χ0v) is 13.2. The Labute approximate surface area is 132 Å². The van der Waals surface area contributed by atoms with Crippen LogP contribution in [0.5, 0.6) is 5.75 Å². The highest BCUT2D eigenvalue weighted by Crippen LogP contribution is 2.64. The van der Waals surface area contributed by atoms with Crippen LogP contribution in [0.3, 0.4) is 0 Å². The van der Waals surface area contributed by atoms with Gasteiger partial charge in [0.05, 0.1) is 5.41 Å². The Morgan fingerprint density at radius 3 is 2.62 bits per heavy atom. The first-order valence-electron chi connectivity index (χ1n) is 6.41. The van der Waals surface area contributed by atoms with Crippen molar-refractivity contribution in [1.29, 1.82) is 0 Å². The number of hydrogen-bond donors (Lipinski definition) is 2. The average Bonchev–Trinajstić information content (AvgIpc) is 2.97. The van der Waals surface area contributed by atoms with E-state index < -0.39 is 9.75 Å². The molecule has 0 radical (unpaired) electrons. The largest absolute Gasteiger partial charge is 0.484 e. The maximum Gasteiger partial charge on any atom is 0.257 e. The zero-order valence-electron chi connectivity index (χ0n) is 11.7. The molecule has 0 saturated heterocycles. The second kappa shape index (κ2) is 5.73. The van der Waals surface area contributed by atoms with Gasteiger partial charge in [0, 0.05) is 18.8 Å². The minimum atomic E-state index is -1.01. The Kier molecular flexibility index (Phi) is 4.35. The summed E-state index contributed by atoms with van der Waals surface area (Å²) >= 11 is 12.0. The summed E-state index contributed by atoms with van der Waals surface area (Å²) in [6.45, 7) is 1.63. The van der Waals surface area contributed by atoms with Crippen LogP contribution in [0.15, 0.2) is 24.3 Å². The number of benzene rings is 1. The number of carbonyl (C=O) groups is 2. The van der Waals surface area contributed by atoms with Crippen molar-refractivity contribution in [3.05, 3.63) is 24.3 Å². The minimum absolute atomic E-state index is 0.0852. The van der Waals surface area contributed by atoms with Crippen LogP contribution in [0.25, 0.3) is 0 Å². The molecule has 5 nitrogen and oxygen atoms in total. The lowest BCUT2D eigenvalue weighted by atomic mass is 10.1. The minimum Gasteiger partial charge on any atom is -0.484 e. The van der Waals surface area contributed by atoms with Gasteiger partial charge in [-0.25, -0.2) is 0 Å². The van der Waals surface area contributed by atoms with Gasteiger partial charge in [-0.05, 0) is 25.5 Å². The van der Waals surface area contributed by atoms with Crippen molar-refractivity contribution in [3.8, 4) is 5.75 Å². The van der Waals surface area contributed by atoms with Crippen LogP contribution in [-0.4, -0.2) is 29.8 Å². The number of anilines is 1. The van der Waals surface area contributed by atoms with Crippen molar-refractivity contribution in [3.63, 3.8) is 0 Å². The predicted molar refractivity (Wildman–Crippen MR) is 81.8 cm³/mol. The van der Waals surface area contributed by atoms with Gasteiger partial charge in [0.1, 0.15) is 10.1 Å².